The van der Waals surface area contributed by atoms with Crippen molar-refractivity contribution in [3.05, 3.63) is 90.9 Å². The number of anilines is 1. The number of nitriles is 1. The van der Waals surface area contributed by atoms with Crippen molar-refractivity contribution in [1.82, 2.24) is 0 Å². The first kappa shape index (κ1) is 25.0. The average Bonchev–Trinajstić information content (AvgIpc) is 2.76. The molecule has 2 N–H and O–H groups in total. The maximum absolute atomic E-state index is 13.8. The molecule has 0 saturated heterocycles. The summed E-state index contributed by atoms with van der Waals surface area (Å²) in [5.41, 5.74) is -1.71. The number of benzene rings is 3. The van der Waals surface area contributed by atoms with Gasteiger partial charge >= 0.3 is 6.18 Å². The van der Waals surface area contributed by atoms with E-state index in [0.717, 1.165) is 12.1 Å². The van der Waals surface area contributed by atoms with Crippen LogP contribution in [0.15, 0.2) is 48.5 Å². The van der Waals surface area contributed by atoms with Gasteiger partial charge in [-0.3, -0.25) is 4.79 Å². The van der Waals surface area contributed by atoms with Crippen LogP contribution in [0.2, 0.25) is 20.1 Å². The molecule has 4 nitrogen and oxygen atoms in total. The molecular formula is C22H11Cl4F3N2O2. The molecule has 1 unspecified atom stereocenters. The van der Waals surface area contributed by atoms with Gasteiger partial charge in [-0.15, -0.1) is 0 Å². The Bertz CT molecular complexity index is 1270. The number of carbonyl (C=O) groups is 1. The van der Waals surface area contributed by atoms with Crippen molar-refractivity contribution in [2.24, 2.45) is 0 Å². The highest BCUT2D eigenvalue weighted by Gasteiger charge is 2.36. The van der Waals surface area contributed by atoms with Crippen LogP contribution in [0.5, 0.6) is 5.75 Å². The number of alkyl halides is 3. The first-order chi connectivity index (χ1) is 15.4. The first-order valence-electron chi connectivity index (χ1n) is 8.98. The van der Waals surface area contributed by atoms with Crippen molar-refractivity contribution in [1.29, 1.82) is 5.26 Å². The van der Waals surface area contributed by atoms with Gasteiger partial charge in [0.15, 0.2) is 0 Å². The molecule has 0 saturated carbocycles. The zero-order valence-corrected chi connectivity index (χ0v) is 19.2. The van der Waals surface area contributed by atoms with Crippen molar-refractivity contribution >= 4 is 58.0 Å². The summed E-state index contributed by atoms with van der Waals surface area (Å²) in [5, 5.41) is 21.6. The number of nitrogens with one attached hydrogen (secondary N) is 1. The highest BCUT2D eigenvalue weighted by molar-refractivity contribution is 6.49. The van der Waals surface area contributed by atoms with Gasteiger partial charge in [0.2, 0.25) is 0 Å². The number of carbonyl (C=O) groups excluding carboxylic acids is 1. The molecule has 0 aliphatic carbocycles. The highest BCUT2D eigenvalue weighted by atomic mass is 35.5. The molecular weight excluding hydrogens is 523 g/mol. The zero-order chi connectivity index (χ0) is 24.5. The van der Waals surface area contributed by atoms with Crippen LogP contribution < -0.4 is 5.32 Å². The molecule has 3 aromatic rings. The predicted molar refractivity (Wildman–Crippen MR) is 121 cm³/mol. The molecule has 0 aliphatic heterocycles. The standard InChI is InChI=1S/C22H11Cl4F3N2O2/c23-11-3-1-10(2-4-11)15(9-30)13-6-5-12(7-16(13)22(27,28)29)31-21(33)14-8-17(24)18(25)19(26)20(14)32/h1-8,15,32H,(H,31,33). The van der Waals surface area contributed by atoms with E-state index >= 15 is 0 Å². The summed E-state index contributed by atoms with van der Waals surface area (Å²) >= 11 is 23.3. The fraction of sp³-hybridized carbons (Fsp3) is 0.0909. The average molecular weight is 534 g/mol. The summed E-state index contributed by atoms with van der Waals surface area (Å²) in [5.74, 6) is -2.88. The van der Waals surface area contributed by atoms with Crippen LogP contribution in [0.3, 0.4) is 0 Å². The fourth-order valence-electron chi connectivity index (χ4n) is 3.07. The van der Waals surface area contributed by atoms with Gasteiger partial charge in [0.25, 0.3) is 5.91 Å². The molecule has 0 aromatic heterocycles. The van der Waals surface area contributed by atoms with Crippen LogP contribution in [0.1, 0.15) is 33.0 Å². The Balaban J connectivity index is 2.02. The van der Waals surface area contributed by atoms with Gasteiger partial charge in [-0.1, -0.05) is 64.6 Å². The number of rotatable bonds is 4. The van der Waals surface area contributed by atoms with E-state index in [2.05, 4.69) is 5.32 Å². The summed E-state index contributed by atoms with van der Waals surface area (Å²) in [4.78, 5) is 12.6. The van der Waals surface area contributed by atoms with Gasteiger partial charge in [-0.25, -0.2) is 0 Å². The Kier molecular flexibility index (Phi) is 7.35. The minimum absolute atomic E-state index is 0.129. The van der Waals surface area contributed by atoms with Crippen molar-refractivity contribution < 1.29 is 23.1 Å². The second-order valence-corrected chi connectivity index (χ2v) is 8.35. The molecule has 0 radical (unpaired) electrons. The van der Waals surface area contributed by atoms with Crippen LogP contribution >= 0.6 is 46.4 Å². The fourth-order valence-corrected chi connectivity index (χ4v) is 3.79. The number of phenolic OH excluding ortho intramolecular Hbond substituents is 1. The van der Waals surface area contributed by atoms with Gasteiger partial charge in [-0.05, 0) is 41.5 Å². The quantitative estimate of drug-likeness (QED) is 0.334. The molecule has 11 heteroatoms. The summed E-state index contributed by atoms with van der Waals surface area (Å²) in [6.45, 7) is 0. The maximum atomic E-state index is 13.8. The van der Waals surface area contributed by atoms with Gasteiger partial charge in [0.1, 0.15) is 10.8 Å². The lowest BCUT2D eigenvalue weighted by Crippen LogP contribution is -2.16. The Labute approximate surface area is 206 Å². The number of amides is 1. The number of phenols is 1. The topological polar surface area (TPSA) is 73.1 Å². The zero-order valence-electron chi connectivity index (χ0n) is 16.1. The Morgan fingerprint density at radius 1 is 1.00 bits per heavy atom. The van der Waals surface area contributed by atoms with Crippen molar-refractivity contribution in [3.63, 3.8) is 0 Å². The molecule has 0 spiro atoms. The van der Waals surface area contributed by atoms with Crippen LogP contribution in [0, 0.1) is 11.3 Å². The molecule has 0 aliphatic rings. The summed E-state index contributed by atoms with van der Waals surface area (Å²) in [6, 6.07) is 11.8. The van der Waals surface area contributed by atoms with Crippen molar-refractivity contribution in [2.45, 2.75) is 12.1 Å². The lowest BCUT2D eigenvalue weighted by atomic mass is 9.88. The minimum Gasteiger partial charge on any atom is -0.505 e. The maximum Gasteiger partial charge on any atom is 0.416 e. The van der Waals surface area contributed by atoms with E-state index in [0.29, 0.717) is 16.7 Å². The summed E-state index contributed by atoms with van der Waals surface area (Å²) < 4.78 is 41.5. The van der Waals surface area contributed by atoms with E-state index in [9.17, 15) is 28.3 Å². The SMILES string of the molecule is N#CC(c1ccc(Cl)cc1)c1ccc(NC(=O)c2cc(Cl)c(Cl)c(Cl)c2O)cc1C(F)(F)F. The number of halogens is 7. The number of nitrogens with zero attached hydrogens (tertiary/aromatic N) is 1. The highest BCUT2D eigenvalue weighted by Crippen LogP contribution is 2.41. The van der Waals surface area contributed by atoms with Gasteiger partial charge in [0.05, 0.1) is 33.2 Å². The molecule has 0 bridgehead atoms. The second kappa shape index (κ2) is 9.70. The van der Waals surface area contributed by atoms with E-state index in [1.54, 1.807) is 0 Å². The van der Waals surface area contributed by atoms with Gasteiger partial charge in [-0.2, -0.15) is 18.4 Å². The summed E-state index contributed by atoms with van der Waals surface area (Å²) in [6.07, 6.45) is -4.83. The van der Waals surface area contributed by atoms with Crippen molar-refractivity contribution in [2.75, 3.05) is 5.32 Å². The van der Waals surface area contributed by atoms with E-state index < -0.39 is 29.3 Å². The molecule has 1 atom stereocenters. The van der Waals surface area contributed by atoms with E-state index in [4.69, 9.17) is 46.4 Å². The Morgan fingerprint density at radius 3 is 2.21 bits per heavy atom. The van der Waals surface area contributed by atoms with Crippen LogP contribution in [-0.4, -0.2) is 11.0 Å². The normalized spacial score (nSPS) is 12.2. The van der Waals surface area contributed by atoms with Gasteiger partial charge < -0.3 is 10.4 Å². The Morgan fingerprint density at radius 2 is 1.64 bits per heavy atom. The third kappa shape index (κ3) is 5.31. The number of hydrogen-bond acceptors (Lipinski definition) is 3. The summed E-state index contributed by atoms with van der Waals surface area (Å²) in [7, 11) is 0. The van der Waals surface area contributed by atoms with Crippen molar-refractivity contribution in [3.8, 4) is 11.8 Å². The Hall–Kier alpha value is -2.63. The minimum atomic E-state index is -4.83. The predicted octanol–water partition coefficient (Wildman–Crippen LogP) is 7.93. The molecule has 3 rings (SSSR count). The molecule has 0 fully saturated rings. The van der Waals surface area contributed by atoms with Gasteiger partial charge in [0, 0.05) is 10.7 Å². The third-order valence-corrected chi connectivity index (χ3v) is 6.15. The van der Waals surface area contributed by atoms with E-state index in [-0.39, 0.29) is 31.9 Å². The molecule has 170 valence electrons. The largest absolute Gasteiger partial charge is 0.505 e. The lowest BCUT2D eigenvalue weighted by molar-refractivity contribution is -0.138. The van der Waals surface area contributed by atoms with Crippen LogP contribution in [0.4, 0.5) is 18.9 Å². The van der Waals surface area contributed by atoms with E-state index in [1.807, 2.05) is 6.07 Å². The van der Waals surface area contributed by atoms with Crippen LogP contribution in [0.25, 0.3) is 0 Å². The molecule has 3 aromatic carbocycles. The number of hydrogen-bond donors (Lipinski definition) is 2. The smallest absolute Gasteiger partial charge is 0.416 e. The second-order valence-electron chi connectivity index (χ2n) is 6.75. The number of aromatic hydroxyl groups is 1. The molecule has 1 amide bonds. The lowest BCUT2D eigenvalue weighted by Gasteiger charge is -2.19. The molecule has 0 heterocycles. The van der Waals surface area contributed by atoms with E-state index in [1.165, 1.54) is 30.3 Å². The van der Waals surface area contributed by atoms with Crippen LogP contribution in [-0.2, 0) is 6.18 Å². The monoisotopic (exact) mass is 532 g/mol. The third-order valence-electron chi connectivity index (χ3n) is 4.64. The first-order valence-corrected chi connectivity index (χ1v) is 10.5. The molecule has 33 heavy (non-hydrogen) atoms.